The molecule has 0 bridgehead atoms. The fraction of sp³-hybridized carbons (Fsp3) is 0.471. The molecule has 29 heavy (non-hydrogen) atoms. The minimum atomic E-state index is -4.81. The third-order valence-electron chi connectivity index (χ3n) is 5.35. The average molecular weight is 428 g/mol. The van der Waals surface area contributed by atoms with Gasteiger partial charge in [-0.05, 0) is 42.9 Å². The molecule has 0 aliphatic carbocycles. The van der Waals surface area contributed by atoms with E-state index in [2.05, 4.69) is 15.2 Å². The normalized spacial score (nSPS) is 17.3. The van der Waals surface area contributed by atoms with Crippen molar-refractivity contribution < 1.29 is 21.6 Å². The van der Waals surface area contributed by atoms with Crippen LogP contribution in [0.4, 0.5) is 13.2 Å². The largest absolute Gasteiger partial charge is 0.434 e. The van der Waals surface area contributed by atoms with Crippen molar-refractivity contribution in [2.24, 2.45) is 7.05 Å². The maximum Gasteiger partial charge on any atom is 0.434 e. The Kier molecular flexibility index (Phi) is 4.65. The van der Waals surface area contributed by atoms with E-state index in [1.165, 1.54) is 6.33 Å². The minimum Gasteiger partial charge on any atom is -0.262 e. The Morgan fingerprint density at radius 1 is 1.17 bits per heavy atom. The first-order valence-corrected chi connectivity index (χ1v) is 10.4. The van der Waals surface area contributed by atoms with Crippen molar-refractivity contribution in [3.63, 3.8) is 0 Å². The molecule has 8 nitrogen and oxygen atoms in total. The van der Waals surface area contributed by atoms with Gasteiger partial charge in [-0.25, -0.2) is 17.9 Å². The first-order chi connectivity index (χ1) is 13.6. The van der Waals surface area contributed by atoms with Crippen molar-refractivity contribution in [2.75, 3.05) is 13.1 Å². The van der Waals surface area contributed by atoms with Crippen molar-refractivity contribution in [3.05, 3.63) is 41.6 Å². The Balaban J connectivity index is 1.57. The number of sulfonamides is 1. The van der Waals surface area contributed by atoms with Crippen molar-refractivity contribution in [1.82, 2.24) is 28.7 Å². The van der Waals surface area contributed by atoms with E-state index in [0.717, 1.165) is 34.3 Å². The number of hydrogen-bond donors (Lipinski definition) is 0. The summed E-state index contributed by atoms with van der Waals surface area (Å²) in [5.41, 5.74) is 1.53. The molecule has 156 valence electrons. The molecule has 0 amide bonds. The lowest BCUT2D eigenvalue weighted by atomic mass is 9.89. The molecule has 0 atom stereocenters. The highest BCUT2D eigenvalue weighted by Gasteiger charge is 2.43. The van der Waals surface area contributed by atoms with Gasteiger partial charge >= 0.3 is 6.18 Å². The van der Waals surface area contributed by atoms with E-state index < -0.39 is 26.8 Å². The molecule has 0 radical (unpaired) electrons. The van der Waals surface area contributed by atoms with Gasteiger partial charge < -0.3 is 0 Å². The van der Waals surface area contributed by atoms with E-state index in [9.17, 15) is 21.6 Å². The van der Waals surface area contributed by atoms with E-state index in [1.807, 2.05) is 19.2 Å². The maximum atomic E-state index is 13.3. The number of aryl methyl sites for hydroxylation is 2. The molecular weight excluding hydrogens is 409 g/mol. The number of rotatable bonds is 3. The molecule has 1 aliphatic heterocycles. The Morgan fingerprint density at radius 2 is 1.86 bits per heavy atom. The predicted octanol–water partition coefficient (Wildman–Crippen LogP) is 2.36. The number of fused-ring (bicyclic) bond motifs is 1. The lowest BCUT2D eigenvalue weighted by Gasteiger charge is -2.32. The summed E-state index contributed by atoms with van der Waals surface area (Å²) in [5.74, 6) is 0.0889. The van der Waals surface area contributed by atoms with Gasteiger partial charge in [-0.15, -0.1) is 0 Å². The predicted molar refractivity (Wildman–Crippen MR) is 96.7 cm³/mol. The number of halogens is 3. The van der Waals surface area contributed by atoms with Crippen LogP contribution in [0.1, 0.15) is 35.6 Å². The fourth-order valence-corrected chi connectivity index (χ4v) is 5.52. The van der Waals surface area contributed by atoms with Gasteiger partial charge in [0, 0.05) is 26.3 Å². The lowest BCUT2D eigenvalue weighted by molar-refractivity contribution is -0.146. The summed E-state index contributed by atoms with van der Waals surface area (Å²) < 4.78 is 69.0. The van der Waals surface area contributed by atoms with E-state index in [1.54, 1.807) is 4.52 Å². The molecule has 4 heterocycles. The number of pyridine rings is 1. The van der Waals surface area contributed by atoms with Gasteiger partial charge in [-0.2, -0.15) is 27.7 Å². The molecule has 3 aromatic heterocycles. The van der Waals surface area contributed by atoms with Crippen molar-refractivity contribution in [2.45, 2.75) is 36.8 Å². The van der Waals surface area contributed by atoms with Crippen LogP contribution in [-0.4, -0.2) is 50.2 Å². The summed E-state index contributed by atoms with van der Waals surface area (Å²) in [4.78, 5) is 3.34. The smallest absolute Gasteiger partial charge is 0.262 e. The molecule has 3 aromatic rings. The van der Waals surface area contributed by atoms with E-state index >= 15 is 0 Å². The first kappa shape index (κ1) is 19.8. The second-order valence-corrected chi connectivity index (χ2v) is 9.04. The van der Waals surface area contributed by atoms with Gasteiger partial charge in [0.25, 0.3) is 0 Å². The van der Waals surface area contributed by atoms with Crippen LogP contribution in [0.2, 0.25) is 0 Å². The Labute approximate surface area is 165 Å². The topological polar surface area (TPSA) is 85.4 Å². The van der Waals surface area contributed by atoms with E-state index in [-0.39, 0.29) is 19.0 Å². The highest BCUT2D eigenvalue weighted by Crippen LogP contribution is 2.37. The zero-order chi connectivity index (χ0) is 21.0. The number of alkyl halides is 3. The van der Waals surface area contributed by atoms with Crippen molar-refractivity contribution >= 4 is 15.7 Å². The Bertz CT molecular complexity index is 1160. The van der Waals surface area contributed by atoms with Gasteiger partial charge in [0.1, 0.15) is 11.2 Å². The van der Waals surface area contributed by atoms with Gasteiger partial charge in [-0.3, -0.25) is 4.68 Å². The molecule has 1 saturated heterocycles. The number of aromatic nitrogens is 5. The molecule has 4 rings (SSSR count). The monoisotopic (exact) mass is 428 g/mol. The van der Waals surface area contributed by atoms with Crippen LogP contribution >= 0.6 is 0 Å². The Hall–Kier alpha value is -2.47. The van der Waals surface area contributed by atoms with Crippen LogP contribution in [0.25, 0.3) is 5.65 Å². The quantitative estimate of drug-likeness (QED) is 0.639. The standard InChI is InChI=1S/C17H19F3N6O2S/c1-11-7-15-21-10-23-26(15)9-13(11)12-3-5-25(6-4-12)29(27,28)14-8-22-24(2)16(14)17(18,19)20/h7-10,12H,3-6H2,1-2H3. The van der Waals surface area contributed by atoms with Gasteiger partial charge in [0.05, 0.1) is 6.20 Å². The lowest BCUT2D eigenvalue weighted by Crippen LogP contribution is -2.38. The zero-order valence-electron chi connectivity index (χ0n) is 15.8. The van der Waals surface area contributed by atoms with E-state index in [4.69, 9.17) is 0 Å². The van der Waals surface area contributed by atoms with Gasteiger partial charge in [0.15, 0.2) is 11.3 Å². The molecule has 0 saturated carbocycles. The molecule has 0 aromatic carbocycles. The second kappa shape index (κ2) is 6.80. The molecule has 12 heteroatoms. The summed E-state index contributed by atoms with van der Waals surface area (Å²) in [7, 11) is -3.21. The fourth-order valence-electron chi connectivity index (χ4n) is 3.88. The van der Waals surface area contributed by atoms with Gasteiger partial charge in [0.2, 0.25) is 10.0 Å². The average Bonchev–Trinajstić information content (AvgIpc) is 3.27. The summed E-state index contributed by atoms with van der Waals surface area (Å²) >= 11 is 0. The second-order valence-electron chi connectivity index (χ2n) is 7.13. The van der Waals surface area contributed by atoms with Gasteiger partial charge in [-0.1, -0.05) is 0 Å². The van der Waals surface area contributed by atoms with Crippen molar-refractivity contribution in [1.29, 1.82) is 0 Å². The minimum absolute atomic E-state index is 0.0889. The number of hydrogen-bond acceptors (Lipinski definition) is 5. The molecule has 0 spiro atoms. The summed E-state index contributed by atoms with van der Waals surface area (Å²) in [6.45, 7) is 2.22. The summed E-state index contributed by atoms with van der Waals surface area (Å²) in [6.07, 6.45) is 0.308. The van der Waals surface area contributed by atoms with Crippen LogP contribution in [-0.2, 0) is 23.2 Å². The van der Waals surface area contributed by atoms with Crippen molar-refractivity contribution in [3.8, 4) is 0 Å². The third-order valence-corrected chi connectivity index (χ3v) is 7.25. The molecule has 1 fully saturated rings. The number of nitrogens with zero attached hydrogens (tertiary/aromatic N) is 6. The SMILES string of the molecule is Cc1cc2ncnn2cc1C1CCN(S(=O)(=O)c2cnn(C)c2C(F)(F)F)CC1. The zero-order valence-corrected chi connectivity index (χ0v) is 16.6. The Morgan fingerprint density at radius 3 is 2.52 bits per heavy atom. The first-order valence-electron chi connectivity index (χ1n) is 8.98. The van der Waals surface area contributed by atoms with Crippen LogP contribution in [0.5, 0.6) is 0 Å². The summed E-state index contributed by atoms with van der Waals surface area (Å²) in [5, 5.41) is 7.65. The maximum absolute atomic E-state index is 13.3. The van der Waals surface area contributed by atoms with Crippen LogP contribution in [0.15, 0.2) is 29.7 Å². The summed E-state index contributed by atoms with van der Waals surface area (Å²) in [6, 6.07) is 1.91. The molecule has 0 N–H and O–H groups in total. The third kappa shape index (κ3) is 3.39. The van der Waals surface area contributed by atoms with Crippen LogP contribution in [0.3, 0.4) is 0 Å². The van der Waals surface area contributed by atoms with Crippen LogP contribution in [0, 0.1) is 6.92 Å². The highest BCUT2D eigenvalue weighted by molar-refractivity contribution is 7.89. The van der Waals surface area contributed by atoms with E-state index in [0.29, 0.717) is 17.5 Å². The number of piperidine rings is 1. The highest BCUT2D eigenvalue weighted by atomic mass is 32.2. The molecule has 0 unspecified atom stereocenters. The molecule has 1 aliphatic rings. The van der Waals surface area contributed by atoms with Crippen LogP contribution < -0.4 is 0 Å². The molecular formula is C17H19F3N6O2S.